The quantitative estimate of drug-likeness (QED) is 0.516. The van der Waals surface area contributed by atoms with Gasteiger partial charge in [-0.2, -0.15) is 0 Å². The molecule has 0 aliphatic rings. The Morgan fingerprint density at radius 2 is 1.50 bits per heavy atom. The van der Waals surface area contributed by atoms with Crippen molar-refractivity contribution in [2.45, 2.75) is 0 Å². The third kappa shape index (κ3) is 12.6. The molecule has 0 aromatic heterocycles. The average Bonchev–Trinajstić information content (AvgIpc) is 0.811. The molecule has 0 atom stereocenters. The van der Waals surface area contributed by atoms with Gasteiger partial charge in [0, 0.05) is 0 Å². The first-order chi connectivity index (χ1) is 1.73. The van der Waals surface area contributed by atoms with E-state index in [1.54, 1.807) is 0 Å². The minimum absolute atomic E-state index is 2.44. The van der Waals surface area contributed by atoms with Crippen LogP contribution in [0.3, 0.4) is 0 Å². The van der Waals surface area contributed by atoms with Gasteiger partial charge in [0.15, 0.2) is 0 Å². The fourth-order valence-electron chi connectivity index (χ4n) is 0. The summed E-state index contributed by atoms with van der Waals surface area (Å²) in [6.07, 6.45) is 0. The second-order valence-electron chi connectivity index (χ2n) is 0.204. The summed E-state index contributed by atoms with van der Waals surface area (Å²) in [6, 6.07) is 0. The third-order valence-electron chi connectivity index (χ3n) is 0. The molecule has 0 amide bonds. The van der Waals surface area contributed by atoms with Crippen LogP contribution in [0.15, 0.2) is 0 Å². The second kappa shape index (κ2) is 2.18. The van der Waals surface area contributed by atoms with Crippen LogP contribution in [0.25, 0.3) is 0 Å². The number of hydrogen-bond acceptors (Lipinski definition) is 3. The summed E-state index contributed by atoms with van der Waals surface area (Å²) in [7, 11) is 8.10. The predicted molar refractivity (Wildman–Crippen MR) is 15.9 cm³/mol. The molecule has 0 spiro atoms. The molecule has 0 rings (SSSR count). The number of rotatable bonds is 0. The van der Waals surface area contributed by atoms with E-state index in [1.165, 1.54) is 0 Å². The Morgan fingerprint density at radius 3 is 1.50 bits per heavy atom. The van der Waals surface area contributed by atoms with Gasteiger partial charge in [-0.05, 0) is 0 Å². The van der Waals surface area contributed by atoms with E-state index >= 15 is 0 Å². The molecule has 0 aromatic carbocycles. The van der Waals surface area contributed by atoms with Crippen LogP contribution in [0.1, 0.15) is 0 Å². The molecular weight excluding hydrogens is 176 g/mol. The van der Waals surface area contributed by atoms with E-state index in [4.69, 9.17) is 0 Å². The summed E-state index contributed by atoms with van der Waals surface area (Å²) >= 11 is -2.44. The Labute approximate surface area is 36.8 Å². The van der Waals surface area contributed by atoms with E-state index in [1.807, 2.05) is 0 Å². The van der Waals surface area contributed by atoms with Gasteiger partial charge in [0.05, 0.1) is 0 Å². The van der Waals surface area contributed by atoms with Crippen molar-refractivity contribution in [3.05, 3.63) is 0 Å². The van der Waals surface area contributed by atoms with Crippen LogP contribution in [0.5, 0.6) is 0 Å². The molecule has 0 fully saturated rings. The van der Waals surface area contributed by atoms with E-state index in [-0.39, 0.29) is 0 Å². The summed E-state index contributed by atoms with van der Waals surface area (Å²) in [5.41, 5.74) is 0. The van der Waals surface area contributed by atoms with Crippen molar-refractivity contribution < 1.29 is 17.0 Å². The Hall–Kier alpha value is 0.928. The van der Waals surface area contributed by atoms with Gasteiger partial charge in [0.2, 0.25) is 0 Å². The van der Waals surface area contributed by atoms with Crippen molar-refractivity contribution in [2.75, 3.05) is 0 Å². The average molecular weight is 176 g/mol. The van der Waals surface area contributed by atoms with Crippen LogP contribution < -0.4 is 0 Å². The molecule has 0 heterocycles. The molecule has 1 nitrogen and oxygen atoms in total. The molecule has 0 aliphatic carbocycles. The Balaban J connectivity index is 4.65. The molecule has 0 aromatic rings. The summed E-state index contributed by atoms with van der Waals surface area (Å²) in [6.45, 7) is 0. The van der Waals surface area contributed by atoms with Crippen molar-refractivity contribution in [2.24, 2.45) is 0 Å². The molecule has 0 N–H and O–H groups in total. The summed E-state index contributed by atoms with van der Waals surface area (Å²) in [5, 5.41) is 0. The van der Waals surface area contributed by atoms with Crippen molar-refractivity contribution in [3.8, 4) is 0 Å². The Kier molecular flexibility index (Phi) is 2.69. The second-order valence-corrected chi connectivity index (χ2v) is 6.04. The first-order valence-corrected chi connectivity index (χ1v) is 6.90. The summed E-state index contributed by atoms with van der Waals surface area (Å²) in [5.74, 6) is 0. The van der Waals surface area contributed by atoms with E-state index in [0.717, 1.165) is 0 Å². The maximum atomic E-state index is 9.33. The van der Waals surface area contributed by atoms with Crippen molar-refractivity contribution in [1.82, 2.24) is 0 Å². The van der Waals surface area contributed by atoms with Gasteiger partial charge >= 0.3 is 36.7 Å². The molecule has 4 heteroatoms. The first kappa shape index (κ1) is 4.93. The molecule has 0 radical (unpaired) electrons. The van der Waals surface area contributed by atoms with Crippen molar-refractivity contribution in [1.29, 1.82) is 0 Å². The van der Waals surface area contributed by atoms with Gasteiger partial charge < -0.3 is 0 Å². The zero-order valence-corrected chi connectivity index (χ0v) is 5.27. The first-order valence-electron chi connectivity index (χ1n) is 0.500. The van der Waals surface area contributed by atoms with E-state index in [9.17, 15) is 3.40 Å². The minimum atomic E-state index is -2.44. The van der Waals surface area contributed by atoms with Crippen LogP contribution in [-0.4, -0.2) is 0 Å². The van der Waals surface area contributed by atoms with Gasteiger partial charge in [-0.3, -0.25) is 0 Å². The SMILES string of the molecule is [O]=[Mo](=[S])=[S]. The maximum absolute atomic E-state index is 9.33. The van der Waals surface area contributed by atoms with Gasteiger partial charge in [-0.1, -0.05) is 0 Å². The van der Waals surface area contributed by atoms with E-state index in [2.05, 4.69) is 19.6 Å². The van der Waals surface area contributed by atoms with Crippen molar-refractivity contribution in [3.63, 3.8) is 0 Å². The molecule has 0 saturated carbocycles. The van der Waals surface area contributed by atoms with E-state index < -0.39 is 13.6 Å². The van der Waals surface area contributed by atoms with Gasteiger partial charge in [-0.15, -0.1) is 0 Å². The van der Waals surface area contributed by atoms with Crippen LogP contribution in [0.2, 0.25) is 0 Å². The standard InChI is InChI=1S/Mo.O.2S. The van der Waals surface area contributed by atoms with Crippen LogP contribution in [-0.2, 0) is 17.0 Å². The van der Waals surface area contributed by atoms with Gasteiger partial charge in [-0.25, -0.2) is 0 Å². The molecule has 24 valence electrons. The topological polar surface area (TPSA) is 17.1 Å². The van der Waals surface area contributed by atoms with Crippen LogP contribution in [0, 0.1) is 0 Å². The molecule has 0 aliphatic heterocycles. The predicted octanol–water partition coefficient (Wildman–Crippen LogP) is 1.18. The monoisotopic (exact) mass is 178 g/mol. The van der Waals surface area contributed by atoms with Gasteiger partial charge in [0.25, 0.3) is 0 Å². The van der Waals surface area contributed by atoms with Crippen molar-refractivity contribution >= 4 is 19.6 Å². The molecule has 4 heavy (non-hydrogen) atoms. The molecule has 0 saturated heterocycles. The fraction of sp³-hybridized carbons (Fsp3) is 0. The number of hydrogen-bond donors (Lipinski definition) is 0. The Morgan fingerprint density at radius 1 is 1.50 bits per heavy atom. The van der Waals surface area contributed by atoms with Gasteiger partial charge in [0.1, 0.15) is 0 Å². The molecular formula is MoOS2. The van der Waals surface area contributed by atoms with Crippen LogP contribution in [0.4, 0.5) is 0 Å². The van der Waals surface area contributed by atoms with Crippen LogP contribution >= 0.6 is 19.6 Å². The molecule has 0 unspecified atom stereocenters. The third-order valence-corrected chi connectivity index (χ3v) is 0. The zero-order chi connectivity index (χ0) is 3.58. The fourth-order valence-corrected chi connectivity index (χ4v) is 0. The Bertz CT molecular complexity index is 75.4. The summed E-state index contributed by atoms with van der Waals surface area (Å²) < 4.78 is 9.33. The molecule has 0 bridgehead atoms. The zero-order valence-electron chi connectivity index (χ0n) is 1.63. The normalized spacial score (nSPS) is 6.00. The van der Waals surface area contributed by atoms with E-state index in [0.29, 0.717) is 0 Å². The summed E-state index contributed by atoms with van der Waals surface area (Å²) in [4.78, 5) is 0.